The Morgan fingerprint density at radius 1 is 1.12 bits per heavy atom. The molecule has 2 aromatic rings. The van der Waals surface area contributed by atoms with Crippen LogP contribution in [0.25, 0.3) is 0 Å². The zero-order valence-corrected chi connectivity index (χ0v) is 10.7. The molecule has 2 rings (SSSR count). The number of aromatic nitrogens is 1. The third-order valence-electron chi connectivity index (χ3n) is 2.57. The minimum Gasteiger partial charge on any atom is -0.340 e. The lowest BCUT2D eigenvalue weighted by molar-refractivity contribution is 0.869. The Balaban J connectivity index is 2.26. The summed E-state index contributed by atoms with van der Waals surface area (Å²) in [4.78, 5) is 4.23. The number of para-hydroxylation sites is 1. The summed E-state index contributed by atoms with van der Waals surface area (Å²) in [6.45, 7) is 4.35. The van der Waals surface area contributed by atoms with Gasteiger partial charge < -0.3 is 5.32 Å². The second kappa shape index (κ2) is 5.19. The quantitative estimate of drug-likeness (QED) is 0.856. The minimum atomic E-state index is 0.478. The van der Waals surface area contributed by atoms with Gasteiger partial charge in [-0.2, -0.15) is 0 Å². The molecule has 0 spiro atoms. The second-order valence-electron chi connectivity index (χ2n) is 4.23. The van der Waals surface area contributed by atoms with Gasteiger partial charge in [-0.25, -0.2) is 4.98 Å². The van der Waals surface area contributed by atoms with E-state index in [9.17, 15) is 0 Å². The molecule has 1 aromatic carbocycles. The Morgan fingerprint density at radius 3 is 2.53 bits per heavy atom. The number of pyridine rings is 1. The van der Waals surface area contributed by atoms with Crippen molar-refractivity contribution in [3.8, 4) is 0 Å². The summed E-state index contributed by atoms with van der Waals surface area (Å²) >= 11 is 5.81. The molecule has 0 saturated carbocycles. The fraction of sp³-hybridized carbons (Fsp3) is 0.214. The number of rotatable bonds is 3. The molecular formula is C14H15ClN2. The van der Waals surface area contributed by atoms with Crippen LogP contribution in [0.15, 0.2) is 42.6 Å². The molecule has 17 heavy (non-hydrogen) atoms. The molecule has 0 bridgehead atoms. The van der Waals surface area contributed by atoms with Gasteiger partial charge in [0.05, 0.1) is 5.02 Å². The summed E-state index contributed by atoms with van der Waals surface area (Å²) in [6.07, 6.45) is 1.64. The highest BCUT2D eigenvalue weighted by Gasteiger charge is 2.05. The Morgan fingerprint density at radius 2 is 1.88 bits per heavy atom. The number of anilines is 2. The molecule has 0 saturated heterocycles. The fourth-order valence-corrected chi connectivity index (χ4v) is 1.81. The molecule has 0 aliphatic rings. The van der Waals surface area contributed by atoms with E-state index in [2.05, 4.69) is 42.3 Å². The highest BCUT2D eigenvalue weighted by Crippen LogP contribution is 2.26. The Bertz CT molecular complexity index is 492. The molecule has 0 aliphatic heterocycles. The Labute approximate surface area is 107 Å². The summed E-state index contributed by atoms with van der Waals surface area (Å²) in [5.41, 5.74) is 2.38. The van der Waals surface area contributed by atoms with Crippen LogP contribution in [-0.4, -0.2) is 4.98 Å². The van der Waals surface area contributed by atoms with Crippen molar-refractivity contribution in [2.75, 3.05) is 5.32 Å². The molecule has 0 radical (unpaired) electrons. The second-order valence-corrected chi connectivity index (χ2v) is 4.67. The van der Waals surface area contributed by atoms with Crippen molar-refractivity contribution in [2.24, 2.45) is 0 Å². The number of nitrogens with zero attached hydrogens (tertiary/aromatic N) is 1. The van der Waals surface area contributed by atoms with Crippen molar-refractivity contribution in [3.05, 3.63) is 53.2 Å². The molecule has 1 heterocycles. The Hall–Kier alpha value is -1.54. The van der Waals surface area contributed by atoms with Gasteiger partial charge in [-0.3, -0.25) is 0 Å². The van der Waals surface area contributed by atoms with Crippen LogP contribution in [0.5, 0.6) is 0 Å². The van der Waals surface area contributed by atoms with Crippen molar-refractivity contribution >= 4 is 23.1 Å². The predicted octanol–water partition coefficient (Wildman–Crippen LogP) is 4.60. The van der Waals surface area contributed by atoms with E-state index in [-0.39, 0.29) is 0 Å². The molecule has 0 amide bonds. The van der Waals surface area contributed by atoms with Crippen LogP contribution in [-0.2, 0) is 0 Å². The molecule has 88 valence electrons. The van der Waals surface area contributed by atoms with Crippen LogP contribution in [0, 0.1) is 0 Å². The van der Waals surface area contributed by atoms with Gasteiger partial charge in [-0.15, -0.1) is 0 Å². The van der Waals surface area contributed by atoms with Gasteiger partial charge in [0.2, 0.25) is 0 Å². The smallest absolute Gasteiger partial charge is 0.130 e. The highest BCUT2D eigenvalue weighted by molar-refractivity contribution is 6.30. The third kappa shape index (κ3) is 2.98. The highest BCUT2D eigenvalue weighted by atomic mass is 35.5. The van der Waals surface area contributed by atoms with Crippen molar-refractivity contribution in [1.29, 1.82) is 0 Å². The van der Waals surface area contributed by atoms with E-state index in [1.54, 1.807) is 6.20 Å². The zero-order chi connectivity index (χ0) is 12.3. The predicted molar refractivity (Wildman–Crippen MR) is 73.1 cm³/mol. The molecular weight excluding hydrogens is 232 g/mol. The summed E-state index contributed by atoms with van der Waals surface area (Å²) < 4.78 is 0. The zero-order valence-electron chi connectivity index (χ0n) is 9.94. The molecule has 0 aliphatic carbocycles. The van der Waals surface area contributed by atoms with Gasteiger partial charge in [0.1, 0.15) is 5.82 Å². The maximum Gasteiger partial charge on any atom is 0.130 e. The van der Waals surface area contributed by atoms with Gasteiger partial charge in [0.15, 0.2) is 0 Å². The normalized spacial score (nSPS) is 10.6. The van der Waals surface area contributed by atoms with Crippen LogP contribution in [0.2, 0.25) is 5.02 Å². The van der Waals surface area contributed by atoms with Crippen molar-refractivity contribution in [1.82, 2.24) is 4.98 Å². The lowest BCUT2D eigenvalue weighted by Gasteiger charge is -2.13. The monoisotopic (exact) mass is 246 g/mol. The number of nitrogens with one attached hydrogen (secondary N) is 1. The van der Waals surface area contributed by atoms with Gasteiger partial charge in [-0.1, -0.05) is 43.6 Å². The van der Waals surface area contributed by atoms with Crippen LogP contribution < -0.4 is 5.32 Å². The molecule has 0 atom stereocenters. The lowest BCUT2D eigenvalue weighted by Crippen LogP contribution is -1.98. The first-order valence-electron chi connectivity index (χ1n) is 5.64. The SMILES string of the molecule is CC(C)c1ccccc1Nc1ccc(Cl)cn1. The molecule has 1 aromatic heterocycles. The van der Waals surface area contributed by atoms with E-state index >= 15 is 0 Å². The van der Waals surface area contributed by atoms with Crippen LogP contribution in [0.1, 0.15) is 25.3 Å². The van der Waals surface area contributed by atoms with Crippen LogP contribution >= 0.6 is 11.6 Å². The molecule has 2 nitrogen and oxygen atoms in total. The van der Waals surface area contributed by atoms with Gasteiger partial charge in [0, 0.05) is 11.9 Å². The average Bonchev–Trinajstić information content (AvgIpc) is 2.32. The van der Waals surface area contributed by atoms with E-state index in [1.165, 1.54) is 5.56 Å². The molecule has 0 unspecified atom stereocenters. The van der Waals surface area contributed by atoms with E-state index in [0.29, 0.717) is 10.9 Å². The topological polar surface area (TPSA) is 24.9 Å². The van der Waals surface area contributed by atoms with Gasteiger partial charge >= 0.3 is 0 Å². The van der Waals surface area contributed by atoms with Gasteiger partial charge in [-0.05, 0) is 29.7 Å². The summed E-state index contributed by atoms with van der Waals surface area (Å²) in [5, 5.41) is 3.96. The first-order chi connectivity index (χ1) is 8.16. The Kier molecular flexibility index (Phi) is 3.64. The maximum absolute atomic E-state index is 5.81. The summed E-state index contributed by atoms with van der Waals surface area (Å²) in [6, 6.07) is 12.0. The van der Waals surface area contributed by atoms with Crippen molar-refractivity contribution in [3.63, 3.8) is 0 Å². The number of benzene rings is 1. The van der Waals surface area contributed by atoms with E-state index < -0.39 is 0 Å². The summed E-state index contributed by atoms with van der Waals surface area (Å²) in [5.74, 6) is 1.29. The van der Waals surface area contributed by atoms with E-state index in [0.717, 1.165) is 11.5 Å². The summed E-state index contributed by atoms with van der Waals surface area (Å²) in [7, 11) is 0. The van der Waals surface area contributed by atoms with Crippen LogP contribution in [0.3, 0.4) is 0 Å². The largest absolute Gasteiger partial charge is 0.340 e. The molecule has 1 N–H and O–H groups in total. The third-order valence-corrected chi connectivity index (χ3v) is 2.80. The van der Waals surface area contributed by atoms with Crippen molar-refractivity contribution < 1.29 is 0 Å². The average molecular weight is 247 g/mol. The van der Waals surface area contributed by atoms with Gasteiger partial charge in [0.25, 0.3) is 0 Å². The standard InChI is InChI=1S/C14H15ClN2/c1-10(2)12-5-3-4-6-13(12)17-14-8-7-11(15)9-16-14/h3-10H,1-2H3,(H,16,17). The first kappa shape index (κ1) is 11.9. The lowest BCUT2D eigenvalue weighted by atomic mass is 10.0. The minimum absolute atomic E-state index is 0.478. The first-order valence-corrected chi connectivity index (χ1v) is 6.02. The van der Waals surface area contributed by atoms with E-state index in [1.807, 2.05) is 18.2 Å². The fourth-order valence-electron chi connectivity index (χ4n) is 1.70. The molecule has 3 heteroatoms. The number of hydrogen-bond acceptors (Lipinski definition) is 2. The van der Waals surface area contributed by atoms with E-state index in [4.69, 9.17) is 11.6 Å². The number of halogens is 1. The molecule has 0 fully saturated rings. The number of hydrogen-bond donors (Lipinski definition) is 1. The van der Waals surface area contributed by atoms with Crippen LogP contribution in [0.4, 0.5) is 11.5 Å². The maximum atomic E-state index is 5.81. The van der Waals surface area contributed by atoms with Crippen molar-refractivity contribution in [2.45, 2.75) is 19.8 Å².